The summed E-state index contributed by atoms with van der Waals surface area (Å²) in [6, 6.07) is 15.0. The van der Waals surface area contributed by atoms with E-state index in [2.05, 4.69) is 20.4 Å². The molecule has 0 saturated heterocycles. The molecule has 2 N–H and O–H groups in total. The minimum Gasteiger partial charge on any atom is -0.486 e. The van der Waals surface area contributed by atoms with Gasteiger partial charge >= 0.3 is 0 Å². The molecule has 1 atom stereocenters. The Morgan fingerprint density at radius 2 is 1.97 bits per heavy atom. The Balaban J connectivity index is 1.34. The van der Waals surface area contributed by atoms with Gasteiger partial charge in [-0.25, -0.2) is 4.98 Å². The van der Waals surface area contributed by atoms with Gasteiger partial charge in [-0.15, -0.1) is 0 Å². The van der Waals surface area contributed by atoms with Crippen molar-refractivity contribution in [3.8, 4) is 17.4 Å². The third-order valence-corrected chi connectivity index (χ3v) is 4.95. The highest BCUT2D eigenvalue weighted by atomic mass is 35.5. The number of aromatic amines is 1. The van der Waals surface area contributed by atoms with Gasteiger partial charge in [-0.3, -0.25) is 4.79 Å². The Labute approximate surface area is 170 Å². The smallest absolute Gasteiger partial charge is 0.295 e. The first-order valence-corrected chi connectivity index (χ1v) is 9.42. The summed E-state index contributed by atoms with van der Waals surface area (Å²) in [5.74, 6) is 1.72. The first-order valence-electron chi connectivity index (χ1n) is 9.04. The predicted octanol–water partition coefficient (Wildman–Crippen LogP) is 3.01. The number of anilines is 1. The molecule has 1 aliphatic heterocycles. The van der Waals surface area contributed by atoms with Gasteiger partial charge in [0.1, 0.15) is 17.7 Å². The average Bonchev–Trinajstić information content (AvgIpc) is 3.18. The van der Waals surface area contributed by atoms with Crippen LogP contribution in [0.1, 0.15) is 0 Å². The molecule has 0 aliphatic carbocycles. The molecule has 146 valence electrons. The van der Waals surface area contributed by atoms with Gasteiger partial charge in [0.15, 0.2) is 11.5 Å². The van der Waals surface area contributed by atoms with E-state index in [0.717, 1.165) is 21.5 Å². The second-order valence-electron chi connectivity index (χ2n) is 6.55. The quantitative estimate of drug-likeness (QED) is 0.538. The number of imidazole rings is 1. The third kappa shape index (κ3) is 3.27. The number of hydrogen-bond donors (Lipinski definition) is 2. The van der Waals surface area contributed by atoms with Crippen LogP contribution < -0.4 is 20.3 Å². The van der Waals surface area contributed by atoms with Crippen molar-refractivity contribution < 1.29 is 9.47 Å². The molecule has 0 bridgehead atoms. The van der Waals surface area contributed by atoms with Crippen LogP contribution in [0.2, 0.25) is 5.02 Å². The van der Waals surface area contributed by atoms with Crippen LogP contribution in [0.4, 0.5) is 5.69 Å². The summed E-state index contributed by atoms with van der Waals surface area (Å²) in [5.41, 5.74) is 1.50. The Bertz CT molecular complexity index is 1220. The van der Waals surface area contributed by atoms with Crippen LogP contribution in [0.25, 0.3) is 17.0 Å². The minimum atomic E-state index is -0.470. The molecule has 3 heterocycles. The number of aromatic nitrogens is 4. The number of halogens is 1. The van der Waals surface area contributed by atoms with Gasteiger partial charge in [0.2, 0.25) is 5.95 Å². The maximum atomic E-state index is 12.7. The fourth-order valence-electron chi connectivity index (χ4n) is 3.13. The van der Waals surface area contributed by atoms with Crippen molar-refractivity contribution in [2.24, 2.45) is 0 Å². The van der Waals surface area contributed by atoms with Gasteiger partial charge in [-0.2, -0.15) is 9.78 Å². The summed E-state index contributed by atoms with van der Waals surface area (Å²) >= 11 is 6.30. The summed E-state index contributed by atoms with van der Waals surface area (Å²) in [5, 5.41) is 7.34. The van der Waals surface area contributed by atoms with Crippen molar-refractivity contribution in [3.63, 3.8) is 0 Å². The van der Waals surface area contributed by atoms with Crippen LogP contribution in [-0.2, 0) is 0 Å². The number of fused-ring (bicyclic) bond motifs is 2. The monoisotopic (exact) mass is 409 g/mol. The summed E-state index contributed by atoms with van der Waals surface area (Å²) in [7, 11) is 0. The number of H-pyrrole nitrogens is 1. The van der Waals surface area contributed by atoms with Gasteiger partial charge in [0, 0.05) is 0 Å². The van der Waals surface area contributed by atoms with E-state index < -0.39 is 5.56 Å². The Kier molecular flexibility index (Phi) is 4.33. The van der Waals surface area contributed by atoms with Gasteiger partial charge in [-0.05, 0) is 24.3 Å². The zero-order valence-corrected chi connectivity index (χ0v) is 15.9. The number of nitrogens with one attached hydrogen (secondary N) is 2. The van der Waals surface area contributed by atoms with Crippen LogP contribution in [0, 0.1) is 0 Å². The predicted molar refractivity (Wildman–Crippen MR) is 109 cm³/mol. The van der Waals surface area contributed by atoms with E-state index in [1.807, 2.05) is 48.5 Å². The van der Waals surface area contributed by atoms with Gasteiger partial charge < -0.3 is 19.8 Å². The lowest BCUT2D eigenvalue weighted by Gasteiger charge is -2.26. The fourth-order valence-corrected chi connectivity index (χ4v) is 3.33. The van der Waals surface area contributed by atoms with Crippen molar-refractivity contribution >= 4 is 28.3 Å². The van der Waals surface area contributed by atoms with Crippen LogP contribution in [-0.4, -0.2) is 39.0 Å². The first kappa shape index (κ1) is 17.6. The lowest BCUT2D eigenvalue weighted by atomic mass is 10.2. The molecular weight excluding hydrogens is 394 g/mol. The number of para-hydroxylation sites is 4. The molecule has 1 aliphatic rings. The maximum Gasteiger partial charge on any atom is 0.295 e. The normalized spacial score (nSPS) is 15.4. The first-order chi connectivity index (χ1) is 14.2. The highest BCUT2D eigenvalue weighted by Gasteiger charge is 2.21. The zero-order valence-electron chi connectivity index (χ0n) is 15.1. The fraction of sp³-hybridized carbons (Fsp3) is 0.150. The van der Waals surface area contributed by atoms with E-state index in [0.29, 0.717) is 30.5 Å². The minimum absolute atomic E-state index is 0.0255. The summed E-state index contributed by atoms with van der Waals surface area (Å²) in [4.78, 5) is 20.1. The van der Waals surface area contributed by atoms with E-state index in [4.69, 9.17) is 21.1 Å². The number of rotatable bonds is 4. The molecule has 29 heavy (non-hydrogen) atoms. The topological polar surface area (TPSA) is 94.1 Å². The third-order valence-electron chi connectivity index (χ3n) is 4.58. The van der Waals surface area contributed by atoms with Gasteiger partial charge in [0.05, 0.1) is 29.5 Å². The van der Waals surface area contributed by atoms with Crippen molar-refractivity contribution in [2.45, 2.75) is 6.10 Å². The summed E-state index contributed by atoms with van der Waals surface area (Å²) in [6.07, 6.45) is 1.27. The molecule has 5 rings (SSSR count). The standard InChI is InChI=1S/C20H16ClN5O3/c21-18-15(22-9-12-11-28-16-7-3-4-8-17(16)29-12)10-23-26(19(18)27)20-24-13-5-1-2-6-14(13)25-20/h1-8,10,12,22H,9,11H2,(H,24,25)/t12-/m0/s1. The van der Waals surface area contributed by atoms with Crippen LogP contribution in [0.15, 0.2) is 59.5 Å². The van der Waals surface area contributed by atoms with Crippen LogP contribution in [0.5, 0.6) is 11.5 Å². The summed E-state index contributed by atoms with van der Waals surface area (Å²) in [6.45, 7) is 0.801. The van der Waals surface area contributed by atoms with Gasteiger partial charge in [-0.1, -0.05) is 35.9 Å². The number of ether oxygens (including phenoxy) is 2. The largest absolute Gasteiger partial charge is 0.486 e. The molecule has 0 amide bonds. The second-order valence-corrected chi connectivity index (χ2v) is 6.92. The van der Waals surface area contributed by atoms with E-state index in [9.17, 15) is 4.79 Å². The molecule has 9 heteroatoms. The van der Waals surface area contributed by atoms with E-state index in [-0.39, 0.29) is 11.1 Å². The van der Waals surface area contributed by atoms with Crippen molar-refractivity contribution in [1.29, 1.82) is 0 Å². The molecule has 0 radical (unpaired) electrons. The zero-order chi connectivity index (χ0) is 19.8. The SMILES string of the molecule is O=c1c(Cl)c(NC[C@H]2COc3ccccc3O2)cnn1-c1nc2ccccc2[nH]1. The highest BCUT2D eigenvalue weighted by Crippen LogP contribution is 2.31. The molecule has 0 fully saturated rings. The summed E-state index contributed by atoms with van der Waals surface area (Å²) < 4.78 is 12.7. The Hall–Kier alpha value is -3.52. The lowest BCUT2D eigenvalue weighted by molar-refractivity contribution is 0.0997. The molecule has 0 spiro atoms. The van der Waals surface area contributed by atoms with E-state index in [1.54, 1.807) is 0 Å². The number of benzene rings is 2. The Morgan fingerprint density at radius 1 is 1.17 bits per heavy atom. The molecule has 4 aromatic rings. The maximum absolute atomic E-state index is 12.7. The van der Waals surface area contributed by atoms with Crippen molar-refractivity contribution in [2.75, 3.05) is 18.5 Å². The van der Waals surface area contributed by atoms with E-state index >= 15 is 0 Å². The lowest BCUT2D eigenvalue weighted by Crippen LogP contribution is -2.35. The molecular formula is C20H16ClN5O3. The van der Waals surface area contributed by atoms with Crippen molar-refractivity contribution in [3.05, 3.63) is 70.1 Å². The molecule has 2 aromatic heterocycles. The van der Waals surface area contributed by atoms with Crippen molar-refractivity contribution in [1.82, 2.24) is 19.7 Å². The molecule has 2 aromatic carbocycles. The molecule has 0 saturated carbocycles. The van der Waals surface area contributed by atoms with E-state index in [1.165, 1.54) is 6.20 Å². The molecule has 0 unspecified atom stereocenters. The average molecular weight is 410 g/mol. The number of nitrogens with zero attached hydrogens (tertiary/aromatic N) is 3. The Morgan fingerprint density at radius 3 is 2.83 bits per heavy atom. The highest BCUT2D eigenvalue weighted by molar-refractivity contribution is 6.32. The number of hydrogen-bond acceptors (Lipinski definition) is 6. The second kappa shape index (κ2) is 7.14. The van der Waals surface area contributed by atoms with Crippen LogP contribution >= 0.6 is 11.6 Å². The van der Waals surface area contributed by atoms with Crippen LogP contribution in [0.3, 0.4) is 0 Å². The molecule has 8 nitrogen and oxygen atoms in total. The van der Waals surface area contributed by atoms with Gasteiger partial charge in [0.25, 0.3) is 5.56 Å².